The minimum Gasteiger partial charge on any atom is -0.454 e. The number of fused-ring (bicyclic) bond motifs is 1. The minimum atomic E-state index is -0.249. The molecule has 4 rings (SSSR count). The molecule has 1 atom stereocenters. The molecule has 2 aliphatic heterocycles. The van der Waals surface area contributed by atoms with Crippen molar-refractivity contribution in [1.29, 1.82) is 0 Å². The van der Waals surface area contributed by atoms with Crippen molar-refractivity contribution in [2.75, 3.05) is 19.9 Å². The third kappa shape index (κ3) is 3.45. The molecule has 0 bridgehead atoms. The van der Waals surface area contributed by atoms with Crippen molar-refractivity contribution in [2.45, 2.75) is 25.2 Å². The highest BCUT2D eigenvalue weighted by atomic mass is 19.1. The summed E-state index contributed by atoms with van der Waals surface area (Å²) in [5, 5.41) is 0. The second-order valence-electron chi connectivity index (χ2n) is 6.56. The summed E-state index contributed by atoms with van der Waals surface area (Å²) in [4.78, 5) is 14.4. The number of amides is 1. The van der Waals surface area contributed by atoms with Gasteiger partial charge in [-0.1, -0.05) is 18.2 Å². The SMILES string of the molecule is O=C(CCc1ccc(F)cc1)N1CCC(c2ccc3c(c2)OCO3)C1. The maximum absolute atomic E-state index is 12.9. The fourth-order valence-electron chi connectivity index (χ4n) is 3.49. The lowest BCUT2D eigenvalue weighted by molar-refractivity contribution is -0.130. The summed E-state index contributed by atoms with van der Waals surface area (Å²) in [5.74, 6) is 1.82. The van der Waals surface area contributed by atoms with Crippen molar-refractivity contribution in [3.8, 4) is 11.5 Å². The summed E-state index contributed by atoms with van der Waals surface area (Å²) in [5.41, 5.74) is 2.18. The summed E-state index contributed by atoms with van der Waals surface area (Å²) in [6.07, 6.45) is 2.06. The first-order valence-electron chi connectivity index (χ1n) is 8.61. The predicted molar refractivity (Wildman–Crippen MR) is 91.2 cm³/mol. The van der Waals surface area contributed by atoms with E-state index in [0.717, 1.165) is 36.6 Å². The number of ether oxygens (including phenoxy) is 2. The van der Waals surface area contributed by atoms with Crippen LogP contribution >= 0.6 is 0 Å². The zero-order valence-electron chi connectivity index (χ0n) is 13.9. The van der Waals surface area contributed by atoms with Crippen LogP contribution in [0.5, 0.6) is 11.5 Å². The van der Waals surface area contributed by atoms with Crippen LogP contribution in [0.1, 0.15) is 29.9 Å². The van der Waals surface area contributed by atoms with Gasteiger partial charge in [-0.3, -0.25) is 4.79 Å². The molecule has 2 aromatic carbocycles. The number of hydrogen-bond acceptors (Lipinski definition) is 3. The first-order chi connectivity index (χ1) is 12.2. The Morgan fingerprint density at radius 1 is 1.12 bits per heavy atom. The van der Waals surface area contributed by atoms with Crippen LogP contribution in [-0.4, -0.2) is 30.7 Å². The van der Waals surface area contributed by atoms with E-state index in [4.69, 9.17) is 9.47 Å². The first-order valence-corrected chi connectivity index (χ1v) is 8.61. The summed E-state index contributed by atoms with van der Waals surface area (Å²) >= 11 is 0. The van der Waals surface area contributed by atoms with Gasteiger partial charge in [0.25, 0.3) is 0 Å². The number of carbonyl (C=O) groups is 1. The molecule has 2 aliphatic rings. The molecule has 2 aromatic rings. The lowest BCUT2D eigenvalue weighted by atomic mass is 9.98. The molecule has 1 unspecified atom stereocenters. The van der Waals surface area contributed by atoms with Crippen LogP contribution in [0.15, 0.2) is 42.5 Å². The van der Waals surface area contributed by atoms with E-state index in [0.29, 0.717) is 18.8 Å². The number of nitrogens with zero attached hydrogens (tertiary/aromatic N) is 1. The van der Waals surface area contributed by atoms with E-state index < -0.39 is 0 Å². The summed E-state index contributed by atoms with van der Waals surface area (Å²) < 4.78 is 23.7. The monoisotopic (exact) mass is 341 g/mol. The van der Waals surface area contributed by atoms with E-state index >= 15 is 0 Å². The molecule has 0 spiro atoms. The number of benzene rings is 2. The second-order valence-corrected chi connectivity index (χ2v) is 6.56. The van der Waals surface area contributed by atoms with Crippen LogP contribution in [-0.2, 0) is 11.2 Å². The minimum absolute atomic E-state index is 0.160. The Balaban J connectivity index is 1.34. The summed E-state index contributed by atoms with van der Waals surface area (Å²) in [6.45, 7) is 1.79. The van der Waals surface area contributed by atoms with Gasteiger partial charge >= 0.3 is 0 Å². The average Bonchev–Trinajstić information content (AvgIpc) is 3.29. The lowest BCUT2D eigenvalue weighted by Crippen LogP contribution is -2.28. The highest BCUT2D eigenvalue weighted by Gasteiger charge is 2.28. The van der Waals surface area contributed by atoms with E-state index in [9.17, 15) is 9.18 Å². The van der Waals surface area contributed by atoms with Crippen LogP contribution in [0.2, 0.25) is 0 Å². The van der Waals surface area contributed by atoms with Gasteiger partial charge in [-0.2, -0.15) is 0 Å². The Kier molecular flexibility index (Phi) is 4.30. The topological polar surface area (TPSA) is 38.8 Å². The van der Waals surface area contributed by atoms with Gasteiger partial charge in [0, 0.05) is 25.4 Å². The number of carbonyl (C=O) groups excluding carboxylic acids is 1. The zero-order chi connectivity index (χ0) is 17.2. The molecule has 130 valence electrons. The highest BCUT2D eigenvalue weighted by molar-refractivity contribution is 5.77. The van der Waals surface area contributed by atoms with Gasteiger partial charge in [0.1, 0.15) is 5.82 Å². The normalized spacial score (nSPS) is 18.6. The summed E-state index contributed by atoms with van der Waals surface area (Å²) in [7, 11) is 0. The number of halogens is 1. The Hall–Kier alpha value is -2.56. The van der Waals surface area contributed by atoms with Gasteiger partial charge < -0.3 is 14.4 Å². The van der Waals surface area contributed by atoms with Crippen molar-refractivity contribution in [2.24, 2.45) is 0 Å². The smallest absolute Gasteiger partial charge is 0.231 e. The number of likely N-dealkylation sites (tertiary alicyclic amines) is 1. The van der Waals surface area contributed by atoms with E-state index in [1.54, 1.807) is 12.1 Å². The van der Waals surface area contributed by atoms with Crippen molar-refractivity contribution in [1.82, 2.24) is 4.90 Å². The van der Waals surface area contributed by atoms with Gasteiger partial charge in [0.15, 0.2) is 11.5 Å². The van der Waals surface area contributed by atoms with Crippen molar-refractivity contribution < 1.29 is 18.7 Å². The van der Waals surface area contributed by atoms with Gasteiger partial charge in [-0.05, 0) is 48.2 Å². The fourth-order valence-corrected chi connectivity index (χ4v) is 3.49. The Morgan fingerprint density at radius 3 is 2.76 bits per heavy atom. The number of rotatable bonds is 4. The van der Waals surface area contributed by atoms with Gasteiger partial charge in [0.2, 0.25) is 12.7 Å². The molecule has 1 saturated heterocycles. The first kappa shape index (κ1) is 15.9. The quantitative estimate of drug-likeness (QED) is 0.854. The molecular formula is C20H20FNO3. The van der Waals surface area contributed by atoms with Crippen LogP contribution < -0.4 is 9.47 Å². The van der Waals surface area contributed by atoms with E-state index in [1.165, 1.54) is 17.7 Å². The average molecular weight is 341 g/mol. The summed E-state index contributed by atoms with van der Waals surface area (Å²) in [6, 6.07) is 12.4. The van der Waals surface area contributed by atoms with Crippen LogP contribution in [0, 0.1) is 5.82 Å². The van der Waals surface area contributed by atoms with Gasteiger partial charge in [0.05, 0.1) is 0 Å². The molecule has 25 heavy (non-hydrogen) atoms. The van der Waals surface area contributed by atoms with Crippen LogP contribution in [0.4, 0.5) is 4.39 Å². The molecule has 0 saturated carbocycles. The van der Waals surface area contributed by atoms with Crippen molar-refractivity contribution in [3.05, 3.63) is 59.4 Å². The maximum atomic E-state index is 12.9. The number of hydrogen-bond donors (Lipinski definition) is 0. The van der Waals surface area contributed by atoms with Crippen molar-refractivity contribution >= 4 is 5.91 Å². The Labute approximate surface area is 146 Å². The molecule has 0 radical (unpaired) electrons. The maximum Gasteiger partial charge on any atom is 0.231 e. The molecular weight excluding hydrogens is 321 g/mol. The fraction of sp³-hybridized carbons (Fsp3) is 0.350. The van der Waals surface area contributed by atoms with E-state index in [1.807, 2.05) is 17.0 Å². The van der Waals surface area contributed by atoms with Crippen molar-refractivity contribution in [3.63, 3.8) is 0 Å². The molecule has 0 aromatic heterocycles. The molecule has 0 N–H and O–H groups in total. The third-order valence-electron chi connectivity index (χ3n) is 4.95. The standard InChI is InChI=1S/C20H20FNO3/c21-17-5-1-14(2-6-17)3-8-20(23)22-10-9-16(12-22)15-4-7-18-19(11-15)25-13-24-18/h1-2,4-7,11,16H,3,8-10,12-13H2. The predicted octanol–water partition coefficient (Wildman–Crippen LogP) is 3.50. The molecule has 1 fully saturated rings. The largest absolute Gasteiger partial charge is 0.454 e. The van der Waals surface area contributed by atoms with E-state index in [-0.39, 0.29) is 18.5 Å². The highest BCUT2D eigenvalue weighted by Crippen LogP contribution is 2.37. The van der Waals surface area contributed by atoms with Gasteiger partial charge in [-0.25, -0.2) is 4.39 Å². The second kappa shape index (κ2) is 6.75. The van der Waals surface area contributed by atoms with Crippen LogP contribution in [0.25, 0.3) is 0 Å². The Bertz CT molecular complexity index is 775. The molecule has 2 heterocycles. The van der Waals surface area contributed by atoms with Gasteiger partial charge in [-0.15, -0.1) is 0 Å². The van der Waals surface area contributed by atoms with E-state index in [2.05, 4.69) is 6.07 Å². The molecule has 0 aliphatic carbocycles. The molecule has 1 amide bonds. The third-order valence-corrected chi connectivity index (χ3v) is 4.95. The molecule has 4 nitrogen and oxygen atoms in total. The number of aryl methyl sites for hydroxylation is 1. The lowest BCUT2D eigenvalue weighted by Gasteiger charge is -2.17. The zero-order valence-corrected chi connectivity index (χ0v) is 13.9. The van der Waals surface area contributed by atoms with Crippen LogP contribution in [0.3, 0.4) is 0 Å². The Morgan fingerprint density at radius 2 is 1.92 bits per heavy atom. The molecule has 5 heteroatoms.